The lowest BCUT2D eigenvalue weighted by molar-refractivity contribution is -0.274. The van der Waals surface area contributed by atoms with Crippen LogP contribution in [0, 0.1) is 5.82 Å². The number of rotatable bonds is 4. The highest BCUT2D eigenvalue weighted by molar-refractivity contribution is 7.85. The standard InChI is InChI=1S/C9H8F4O4S/c1-18(14,15)16-5-6-4-7(2-3-8(6)10)17-9(11,12)13/h2-4H,5H2,1H3. The molecular weight excluding hydrogens is 280 g/mol. The van der Waals surface area contributed by atoms with Gasteiger partial charge in [0, 0.05) is 5.56 Å². The summed E-state index contributed by atoms with van der Waals surface area (Å²) in [5.41, 5.74) is -0.359. The van der Waals surface area contributed by atoms with E-state index in [1.54, 1.807) is 0 Å². The monoisotopic (exact) mass is 288 g/mol. The normalized spacial score (nSPS) is 12.5. The second kappa shape index (κ2) is 5.11. The molecule has 9 heteroatoms. The Morgan fingerprint density at radius 1 is 1.28 bits per heavy atom. The number of benzene rings is 1. The first kappa shape index (κ1) is 14.7. The lowest BCUT2D eigenvalue weighted by Crippen LogP contribution is -2.17. The predicted octanol–water partition coefficient (Wildman–Crippen LogP) is 2.20. The second-order valence-electron chi connectivity index (χ2n) is 3.27. The van der Waals surface area contributed by atoms with Gasteiger partial charge in [-0.3, -0.25) is 4.18 Å². The van der Waals surface area contributed by atoms with Gasteiger partial charge < -0.3 is 4.74 Å². The zero-order valence-electron chi connectivity index (χ0n) is 8.99. The van der Waals surface area contributed by atoms with E-state index in [1.807, 2.05) is 0 Å². The summed E-state index contributed by atoms with van der Waals surface area (Å²) in [7, 11) is -3.82. The average molecular weight is 288 g/mol. The number of alkyl halides is 3. The van der Waals surface area contributed by atoms with Gasteiger partial charge in [-0.2, -0.15) is 8.42 Å². The molecule has 0 radical (unpaired) electrons. The van der Waals surface area contributed by atoms with Crippen molar-refractivity contribution in [1.29, 1.82) is 0 Å². The Balaban J connectivity index is 2.88. The lowest BCUT2D eigenvalue weighted by atomic mass is 10.2. The summed E-state index contributed by atoms with van der Waals surface area (Å²) in [6, 6.07) is 2.21. The van der Waals surface area contributed by atoms with Gasteiger partial charge in [-0.25, -0.2) is 4.39 Å². The van der Waals surface area contributed by atoms with Crippen molar-refractivity contribution >= 4 is 10.1 Å². The Kier molecular flexibility index (Phi) is 4.17. The van der Waals surface area contributed by atoms with Crippen LogP contribution in [-0.4, -0.2) is 21.0 Å². The molecule has 0 aliphatic carbocycles. The molecule has 0 atom stereocenters. The van der Waals surface area contributed by atoms with Gasteiger partial charge in [0.25, 0.3) is 10.1 Å². The summed E-state index contributed by atoms with van der Waals surface area (Å²) in [4.78, 5) is 0. The van der Waals surface area contributed by atoms with Crippen LogP contribution in [-0.2, 0) is 20.9 Å². The molecule has 4 nitrogen and oxygen atoms in total. The van der Waals surface area contributed by atoms with Crippen LogP contribution in [0.5, 0.6) is 5.75 Å². The Morgan fingerprint density at radius 2 is 1.89 bits per heavy atom. The van der Waals surface area contributed by atoms with Crippen molar-refractivity contribution in [3.63, 3.8) is 0 Å². The maximum Gasteiger partial charge on any atom is 0.573 e. The van der Waals surface area contributed by atoms with E-state index >= 15 is 0 Å². The third-order valence-corrected chi connectivity index (χ3v) is 2.23. The Hall–Kier alpha value is -1.35. The van der Waals surface area contributed by atoms with Crippen LogP contribution in [0.25, 0.3) is 0 Å². The van der Waals surface area contributed by atoms with E-state index in [1.165, 1.54) is 0 Å². The third-order valence-electron chi connectivity index (χ3n) is 1.68. The minimum Gasteiger partial charge on any atom is -0.406 e. The minimum atomic E-state index is -4.91. The van der Waals surface area contributed by atoms with E-state index in [-0.39, 0.29) is 5.56 Å². The SMILES string of the molecule is CS(=O)(=O)OCc1cc(OC(F)(F)F)ccc1F. The van der Waals surface area contributed by atoms with Crippen LogP contribution < -0.4 is 4.74 Å². The molecule has 18 heavy (non-hydrogen) atoms. The van der Waals surface area contributed by atoms with Gasteiger partial charge in [0.05, 0.1) is 12.9 Å². The summed E-state index contributed by atoms with van der Waals surface area (Å²) in [5.74, 6) is -1.55. The summed E-state index contributed by atoms with van der Waals surface area (Å²) >= 11 is 0. The smallest absolute Gasteiger partial charge is 0.406 e. The summed E-state index contributed by atoms with van der Waals surface area (Å²) in [6.07, 6.45) is -4.17. The molecule has 0 bridgehead atoms. The van der Waals surface area contributed by atoms with E-state index in [4.69, 9.17) is 0 Å². The van der Waals surface area contributed by atoms with Crippen LogP contribution in [0.2, 0.25) is 0 Å². The van der Waals surface area contributed by atoms with E-state index in [0.717, 1.165) is 18.4 Å². The highest BCUT2D eigenvalue weighted by Crippen LogP contribution is 2.25. The number of hydrogen-bond donors (Lipinski definition) is 0. The maximum atomic E-state index is 13.2. The zero-order valence-corrected chi connectivity index (χ0v) is 9.81. The van der Waals surface area contributed by atoms with Crippen LogP contribution >= 0.6 is 0 Å². The van der Waals surface area contributed by atoms with Crippen LogP contribution in [0.1, 0.15) is 5.56 Å². The van der Waals surface area contributed by atoms with Gasteiger partial charge in [-0.1, -0.05) is 0 Å². The van der Waals surface area contributed by atoms with E-state index in [9.17, 15) is 26.0 Å². The number of ether oxygens (including phenoxy) is 1. The lowest BCUT2D eigenvalue weighted by Gasteiger charge is -2.10. The molecule has 0 fully saturated rings. The molecule has 0 saturated heterocycles. The Bertz CT molecular complexity index is 524. The quantitative estimate of drug-likeness (QED) is 0.629. The fraction of sp³-hybridized carbons (Fsp3) is 0.333. The highest BCUT2D eigenvalue weighted by atomic mass is 32.2. The average Bonchev–Trinajstić information content (AvgIpc) is 2.15. The third kappa shape index (κ3) is 5.32. The predicted molar refractivity (Wildman–Crippen MR) is 52.7 cm³/mol. The fourth-order valence-electron chi connectivity index (χ4n) is 1.03. The van der Waals surface area contributed by atoms with E-state index in [2.05, 4.69) is 8.92 Å². The van der Waals surface area contributed by atoms with Crippen molar-refractivity contribution in [3.8, 4) is 5.75 Å². The van der Waals surface area contributed by atoms with Crippen LogP contribution in [0.15, 0.2) is 18.2 Å². The van der Waals surface area contributed by atoms with Gasteiger partial charge in [-0.05, 0) is 18.2 Å². The summed E-state index contributed by atoms with van der Waals surface area (Å²) < 4.78 is 78.1. The molecule has 0 aliphatic heterocycles. The van der Waals surface area contributed by atoms with Gasteiger partial charge >= 0.3 is 6.36 Å². The van der Waals surface area contributed by atoms with E-state index in [0.29, 0.717) is 6.07 Å². The first-order valence-electron chi connectivity index (χ1n) is 4.45. The molecule has 1 rings (SSSR count). The molecule has 1 aromatic carbocycles. The van der Waals surface area contributed by atoms with E-state index < -0.39 is 34.7 Å². The van der Waals surface area contributed by atoms with Crippen molar-refractivity contribution in [3.05, 3.63) is 29.6 Å². The zero-order chi connectivity index (χ0) is 14.0. The Labute approximate surface area is 100 Å². The summed E-state index contributed by atoms with van der Waals surface area (Å²) in [5, 5.41) is 0. The second-order valence-corrected chi connectivity index (χ2v) is 4.91. The molecule has 1 aromatic rings. The van der Waals surface area contributed by atoms with Crippen molar-refractivity contribution in [2.75, 3.05) is 6.26 Å². The van der Waals surface area contributed by atoms with Crippen molar-refractivity contribution < 1.29 is 34.9 Å². The molecule has 0 heterocycles. The molecule has 0 aromatic heterocycles. The molecule has 102 valence electrons. The van der Waals surface area contributed by atoms with Crippen molar-refractivity contribution in [2.24, 2.45) is 0 Å². The van der Waals surface area contributed by atoms with Crippen molar-refractivity contribution in [2.45, 2.75) is 13.0 Å². The fourth-order valence-corrected chi connectivity index (χ4v) is 1.37. The molecule has 0 spiro atoms. The topological polar surface area (TPSA) is 52.6 Å². The Morgan fingerprint density at radius 3 is 2.39 bits per heavy atom. The van der Waals surface area contributed by atoms with Gasteiger partial charge in [0.2, 0.25) is 0 Å². The number of hydrogen-bond acceptors (Lipinski definition) is 4. The van der Waals surface area contributed by atoms with Crippen molar-refractivity contribution in [1.82, 2.24) is 0 Å². The largest absolute Gasteiger partial charge is 0.573 e. The maximum absolute atomic E-state index is 13.2. The number of halogens is 4. The molecule has 0 aliphatic rings. The summed E-state index contributed by atoms with van der Waals surface area (Å²) in [6.45, 7) is -0.709. The first-order valence-corrected chi connectivity index (χ1v) is 6.27. The molecule has 0 amide bonds. The minimum absolute atomic E-state index is 0.359. The van der Waals surface area contributed by atoms with Crippen LogP contribution in [0.4, 0.5) is 17.6 Å². The molecule has 0 unspecified atom stereocenters. The van der Waals surface area contributed by atoms with Gasteiger partial charge in [0.15, 0.2) is 0 Å². The highest BCUT2D eigenvalue weighted by Gasteiger charge is 2.31. The molecule has 0 saturated carbocycles. The first-order chi connectivity index (χ1) is 8.07. The van der Waals surface area contributed by atoms with Gasteiger partial charge in [-0.15, -0.1) is 13.2 Å². The van der Waals surface area contributed by atoms with Crippen LogP contribution in [0.3, 0.4) is 0 Å². The molecular formula is C9H8F4O4S. The molecule has 0 N–H and O–H groups in total. The van der Waals surface area contributed by atoms with Gasteiger partial charge in [0.1, 0.15) is 11.6 Å².